The standard InChI is InChI=1S/C57H43N/c1-57(2)53-30-15-14-27-50(53)52-39-45(34-37-54(52)57)41-32-35-46(36-33-41)58(47-25-16-24-44(38-47)40-18-6-3-7-19-40)55-31-17-29-49(43-22-10-5-11-23-43)56(55)51-28-13-12-26-48(51)42-20-8-4-9-21-42/h3-39H,1-2H3. The van der Waals surface area contributed by atoms with Crippen LogP contribution in [0, 0.1) is 0 Å². The summed E-state index contributed by atoms with van der Waals surface area (Å²) in [6, 6.07) is 81.8. The third-order valence-electron chi connectivity index (χ3n) is 11.9. The summed E-state index contributed by atoms with van der Waals surface area (Å²) in [4.78, 5) is 2.45. The van der Waals surface area contributed by atoms with E-state index in [1.807, 2.05) is 0 Å². The Bertz CT molecular complexity index is 2890. The molecule has 1 aliphatic rings. The van der Waals surface area contributed by atoms with Gasteiger partial charge in [-0.2, -0.15) is 0 Å². The molecule has 276 valence electrons. The number of hydrogen-bond acceptors (Lipinski definition) is 1. The second-order valence-corrected chi connectivity index (χ2v) is 15.7. The molecule has 0 bridgehead atoms. The molecule has 1 heteroatoms. The van der Waals surface area contributed by atoms with Gasteiger partial charge in [0.05, 0.1) is 5.69 Å². The molecule has 58 heavy (non-hydrogen) atoms. The SMILES string of the molecule is CC1(C)c2ccccc2-c2cc(-c3ccc(N(c4cccc(-c5ccccc5)c4)c4cccc(-c5ccccc5)c4-c4ccccc4-c4ccccc4)cc3)ccc21. The van der Waals surface area contributed by atoms with Crippen LogP contribution in [-0.2, 0) is 5.41 Å². The van der Waals surface area contributed by atoms with E-state index < -0.39 is 0 Å². The molecule has 0 N–H and O–H groups in total. The predicted molar refractivity (Wildman–Crippen MR) is 246 cm³/mol. The summed E-state index contributed by atoms with van der Waals surface area (Å²) in [6.07, 6.45) is 0. The van der Waals surface area contributed by atoms with E-state index in [4.69, 9.17) is 0 Å². The Hall–Kier alpha value is -7.22. The molecule has 0 spiro atoms. The van der Waals surface area contributed by atoms with Crippen molar-refractivity contribution in [2.75, 3.05) is 4.90 Å². The van der Waals surface area contributed by atoms with Crippen LogP contribution >= 0.6 is 0 Å². The summed E-state index contributed by atoms with van der Waals surface area (Å²) in [5.41, 5.74) is 20.6. The highest BCUT2D eigenvalue weighted by atomic mass is 15.1. The molecule has 1 nitrogen and oxygen atoms in total. The van der Waals surface area contributed by atoms with Gasteiger partial charge in [-0.05, 0) is 109 Å². The smallest absolute Gasteiger partial charge is 0.0546 e. The van der Waals surface area contributed by atoms with Crippen molar-refractivity contribution in [1.82, 2.24) is 0 Å². The topological polar surface area (TPSA) is 3.24 Å². The van der Waals surface area contributed by atoms with Crippen LogP contribution in [-0.4, -0.2) is 0 Å². The van der Waals surface area contributed by atoms with Crippen molar-refractivity contribution in [3.05, 3.63) is 236 Å². The molecular formula is C57H43N. The maximum absolute atomic E-state index is 2.45. The quantitative estimate of drug-likeness (QED) is 0.150. The zero-order valence-electron chi connectivity index (χ0n) is 32.8. The van der Waals surface area contributed by atoms with Crippen molar-refractivity contribution in [2.24, 2.45) is 0 Å². The first kappa shape index (κ1) is 35.2. The molecule has 0 aromatic heterocycles. The van der Waals surface area contributed by atoms with Crippen LogP contribution in [0.5, 0.6) is 0 Å². The molecular weight excluding hydrogens is 699 g/mol. The molecule has 0 atom stereocenters. The summed E-state index contributed by atoms with van der Waals surface area (Å²) in [6.45, 7) is 4.68. The average molecular weight is 742 g/mol. The number of rotatable bonds is 8. The molecule has 9 aromatic rings. The zero-order valence-corrected chi connectivity index (χ0v) is 32.8. The monoisotopic (exact) mass is 741 g/mol. The maximum Gasteiger partial charge on any atom is 0.0546 e. The van der Waals surface area contributed by atoms with Gasteiger partial charge < -0.3 is 4.90 Å². The number of hydrogen-bond donors (Lipinski definition) is 0. The van der Waals surface area contributed by atoms with Crippen LogP contribution in [0.4, 0.5) is 17.1 Å². The van der Waals surface area contributed by atoms with E-state index in [1.54, 1.807) is 0 Å². The molecule has 0 heterocycles. The Morgan fingerprint density at radius 2 is 0.776 bits per heavy atom. The molecule has 0 amide bonds. The van der Waals surface area contributed by atoms with E-state index in [0.717, 1.165) is 17.1 Å². The molecule has 1 aliphatic carbocycles. The molecule has 0 saturated heterocycles. The highest BCUT2D eigenvalue weighted by molar-refractivity contribution is 6.01. The third-order valence-corrected chi connectivity index (χ3v) is 11.9. The van der Waals surface area contributed by atoms with E-state index in [1.165, 1.54) is 77.9 Å². The van der Waals surface area contributed by atoms with Crippen LogP contribution < -0.4 is 4.90 Å². The molecule has 10 rings (SSSR count). The van der Waals surface area contributed by atoms with Gasteiger partial charge >= 0.3 is 0 Å². The number of nitrogens with zero attached hydrogens (tertiary/aromatic N) is 1. The Morgan fingerprint density at radius 3 is 1.48 bits per heavy atom. The van der Waals surface area contributed by atoms with E-state index >= 15 is 0 Å². The molecule has 9 aromatic carbocycles. The van der Waals surface area contributed by atoms with Crippen LogP contribution in [0.1, 0.15) is 25.0 Å². The first-order valence-electron chi connectivity index (χ1n) is 20.2. The van der Waals surface area contributed by atoms with E-state index in [0.29, 0.717) is 0 Å². The van der Waals surface area contributed by atoms with Gasteiger partial charge in [0.1, 0.15) is 0 Å². The fourth-order valence-corrected chi connectivity index (χ4v) is 9.02. The summed E-state index contributed by atoms with van der Waals surface area (Å²) >= 11 is 0. The Morgan fingerprint density at radius 1 is 0.293 bits per heavy atom. The normalized spacial score (nSPS) is 12.4. The predicted octanol–water partition coefficient (Wildman–Crippen LogP) is 15.8. The van der Waals surface area contributed by atoms with Gasteiger partial charge in [-0.15, -0.1) is 0 Å². The third kappa shape index (κ3) is 6.22. The first-order chi connectivity index (χ1) is 28.5. The number of anilines is 3. The maximum atomic E-state index is 2.45. The van der Waals surface area contributed by atoms with Crippen LogP contribution in [0.2, 0.25) is 0 Å². The Balaban J connectivity index is 1.17. The molecule has 0 unspecified atom stereocenters. The lowest BCUT2D eigenvalue weighted by molar-refractivity contribution is 0.660. The van der Waals surface area contributed by atoms with Crippen LogP contribution in [0.25, 0.3) is 66.8 Å². The summed E-state index contributed by atoms with van der Waals surface area (Å²) < 4.78 is 0. The molecule has 0 fully saturated rings. The zero-order chi connectivity index (χ0) is 39.1. The minimum absolute atomic E-state index is 0.0196. The van der Waals surface area contributed by atoms with Gasteiger partial charge in [0.15, 0.2) is 0 Å². The van der Waals surface area contributed by atoms with E-state index in [9.17, 15) is 0 Å². The van der Waals surface area contributed by atoms with Crippen molar-refractivity contribution in [3.63, 3.8) is 0 Å². The van der Waals surface area contributed by atoms with Gasteiger partial charge in [-0.1, -0.05) is 202 Å². The molecule has 0 aliphatic heterocycles. The van der Waals surface area contributed by atoms with Crippen molar-refractivity contribution >= 4 is 17.1 Å². The van der Waals surface area contributed by atoms with Gasteiger partial charge in [0.25, 0.3) is 0 Å². The summed E-state index contributed by atoms with van der Waals surface area (Å²) in [7, 11) is 0. The van der Waals surface area contributed by atoms with Crippen molar-refractivity contribution in [1.29, 1.82) is 0 Å². The minimum Gasteiger partial charge on any atom is -0.310 e. The highest BCUT2D eigenvalue weighted by Crippen LogP contribution is 2.51. The van der Waals surface area contributed by atoms with Gasteiger partial charge in [-0.25, -0.2) is 0 Å². The minimum atomic E-state index is -0.0196. The lowest BCUT2D eigenvalue weighted by Gasteiger charge is -2.30. The number of benzene rings is 9. The fraction of sp³-hybridized carbons (Fsp3) is 0.0526. The van der Waals surface area contributed by atoms with E-state index in [-0.39, 0.29) is 5.41 Å². The van der Waals surface area contributed by atoms with Crippen LogP contribution in [0.15, 0.2) is 224 Å². The van der Waals surface area contributed by atoms with Crippen molar-refractivity contribution in [2.45, 2.75) is 19.3 Å². The lowest BCUT2D eigenvalue weighted by atomic mass is 9.82. The van der Waals surface area contributed by atoms with Crippen molar-refractivity contribution in [3.8, 4) is 66.8 Å². The highest BCUT2D eigenvalue weighted by Gasteiger charge is 2.35. The molecule has 0 radical (unpaired) electrons. The lowest BCUT2D eigenvalue weighted by Crippen LogP contribution is -2.14. The van der Waals surface area contributed by atoms with Gasteiger partial charge in [0.2, 0.25) is 0 Å². The largest absolute Gasteiger partial charge is 0.310 e. The fourth-order valence-electron chi connectivity index (χ4n) is 9.02. The van der Waals surface area contributed by atoms with E-state index in [2.05, 4.69) is 243 Å². The Labute approximate surface area is 342 Å². The first-order valence-corrected chi connectivity index (χ1v) is 20.2. The Kier molecular flexibility index (Phi) is 8.92. The second-order valence-electron chi connectivity index (χ2n) is 15.7. The van der Waals surface area contributed by atoms with Crippen LogP contribution in [0.3, 0.4) is 0 Å². The average Bonchev–Trinajstić information content (AvgIpc) is 3.53. The second kappa shape index (κ2) is 14.7. The summed E-state index contributed by atoms with van der Waals surface area (Å²) in [5, 5.41) is 0. The van der Waals surface area contributed by atoms with Crippen molar-refractivity contribution < 1.29 is 0 Å². The summed E-state index contributed by atoms with van der Waals surface area (Å²) in [5.74, 6) is 0. The van der Waals surface area contributed by atoms with Gasteiger partial charge in [0, 0.05) is 22.4 Å². The number of fused-ring (bicyclic) bond motifs is 3. The molecule has 0 saturated carbocycles. The van der Waals surface area contributed by atoms with Gasteiger partial charge in [-0.3, -0.25) is 0 Å².